The number of nitrogen functional groups attached to an aromatic ring is 1. The molecule has 6 nitrogen and oxygen atoms in total. The van der Waals surface area contributed by atoms with Crippen molar-refractivity contribution in [3.8, 4) is 0 Å². The lowest BCUT2D eigenvalue weighted by Gasteiger charge is -2.04. The maximum Gasteiger partial charge on any atom is 0.225 e. The van der Waals surface area contributed by atoms with Crippen molar-refractivity contribution in [1.82, 2.24) is 19.6 Å². The van der Waals surface area contributed by atoms with Crippen molar-refractivity contribution < 1.29 is 0 Å². The summed E-state index contributed by atoms with van der Waals surface area (Å²) in [7, 11) is 0. The van der Waals surface area contributed by atoms with E-state index in [1.807, 2.05) is 24.3 Å². The second-order valence-electron chi connectivity index (χ2n) is 3.12. The van der Waals surface area contributed by atoms with Crippen LogP contribution in [0.1, 0.15) is 0 Å². The third-order valence-electron chi connectivity index (χ3n) is 2.28. The minimum atomic E-state index is 0.522. The molecule has 0 saturated carbocycles. The number of hydrogen-bond acceptors (Lipinski definition) is 5. The van der Waals surface area contributed by atoms with Gasteiger partial charge in [-0.25, -0.2) is 15.2 Å². The van der Waals surface area contributed by atoms with E-state index in [-0.39, 0.29) is 0 Å². The van der Waals surface area contributed by atoms with Gasteiger partial charge in [-0.2, -0.15) is 0 Å². The highest BCUT2D eigenvalue weighted by atomic mass is 15.4. The number of hydrazine groups is 1. The number of nitrogens with zero attached hydrogens (tertiary/aromatic N) is 4. The molecule has 2 aromatic heterocycles. The molecule has 0 unspecified atom stereocenters. The highest BCUT2D eigenvalue weighted by molar-refractivity contribution is 5.92. The summed E-state index contributed by atoms with van der Waals surface area (Å²) in [5.74, 6) is 5.90. The first-order valence-corrected chi connectivity index (χ1v) is 4.45. The minimum Gasteiger partial charge on any atom is -0.293 e. The molecule has 0 bridgehead atoms. The molecule has 0 fully saturated rings. The highest BCUT2D eigenvalue weighted by Crippen LogP contribution is 2.18. The molecule has 3 rings (SSSR count). The number of hydrogen-bond donors (Lipinski definition) is 2. The van der Waals surface area contributed by atoms with E-state index >= 15 is 0 Å². The molecule has 0 aliphatic heterocycles. The van der Waals surface area contributed by atoms with Gasteiger partial charge in [-0.05, 0) is 12.1 Å². The van der Waals surface area contributed by atoms with Crippen LogP contribution in [0.4, 0.5) is 5.95 Å². The van der Waals surface area contributed by atoms with Crippen molar-refractivity contribution >= 4 is 22.5 Å². The molecule has 15 heavy (non-hydrogen) atoms. The van der Waals surface area contributed by atoms with Gasteiger partial charge < -0.3 is 0 Å². The molecule has 0 spiro atoms. The molecular weight excluding hydrogens is 192 g/mol. The van der Waals surface area contributed by atoms with Gasteiger partial charge in [-0.15, -0.1) is 10.2 Å². The van der Waals surface area contributed by atoms with E-state index in [0.29, 0.717) is 5.95 Å². The van der Waals surface area contributed by atoms with E-state index in [1.54, 1.807) is 10.7 Å². The molecule has 0 aliphatic rings. The minimum absolute atomic E-state index is 0.522. The fourth-order valence-electron chi connectivity index (χ4n) is 1.60. The van der Waals surface area contributed by atoms with Crippen LogP contribution in [0.3, 0.4) is 0 Å². The first kappa shape index (κ1) is 8.13. The summed E-state index contributed by atoms with van der Waals surface area (Å²) in [5.41, 5.74) is 4.10. The smallest absolute Gasteiger partial charge is 0.225 e. The quantitative estimate of drug-likeness (QED) is 0.443. The van der Waals surface area contributed by atoms with Crippen LogP contribution in [0.25, 0.3) is 16.6 Å². The molecule has 74 valence electrons. The molecule has 0 amide bonds. The van der Waals surface area contributed by atoms with Crippen molar-refractivity contribution in [2.75, 3.05) is 5.43 Å². The summed E-state index contributed by atoms with van der Waals surface area (Å²) in [6.45, 7) is 0. The van der Waals surface area contributed by atoms with Gasteiger partial charge in [0.05, 0.1) is 5.52 Å². The van der Waals surface area contributed by atoms with Gasteiger partial charge in [-0.1, -0.05) is 12.1 Å². The second kappa shape index (κ2) is 2.89. The lowest BCUT2D eigenvalue weighted by molar-refractivity contribution is 1.06. The lowest BCUT2D eigenvalue weighted by Crippen LogP contribution is -2.12. The van der Waals surface area contributed by atoms with Crippen molar-refractivity contribution in [3.63, 3.8) is 0 Å². The van der Waals surface area contributed by atoms with E-state index < -0.39 is 0 Å². The van der Waals surface area contributed by atoms with Gasteiger partial charge in [0, 0.05) is 5.39 Å². The largest absolute Gasteiger partial charge is 0.293 e. The Morgan fingerprint density at radius 3 is 3.00 bits per heavy atom. The third kappa shape index (κ3) is 1.05. The van der Waals surface area contributed by atoms with Crippen LogP contribution in [0.2, 0.25) is 0 Å². The van der Waals surface area contributed by atoms with Crippen molar-refractivity contribution in [2.24, 2.45) is 5.84 Å². The summed E-state index contributed by atoms with van der Waals surface area (Å²) in [5, 5.41) is 8.82. The number of nitrogens with two attached hydrogens (primary N) is 1. The van der Waals surface area contributed by atoms with Crippen LogP contribution in [0.5, 0.6) is 0 Å². The number of anilines is 1. The average Bonchev–Trinajstić information content (AvgIpc) is 2.77. The molecule has 0 aliphatic carbocycles. The van der Waals surface area contributed by atoms with Gasteiger partial charge >= 0.3 is 0 Å². The number of nitrogens with one attached hydrogen (secondary N) is 1. The molecule has 0 saturated heterocycles. The number of aromatic nitrogens is 4. The number of para-hydroxylation sites is 1. The van der Waals surface area contributed by atoms with Crippen LogP contribution >= 0.6 is 0 Å². The zero-order valence-corrected chi connectivity index (χ0v) is 7.75. The van der Waals surface area contributed by atoms with Gasteiger partial charge in [0.15, 0.2) is 5.65 Å². The summed E-state index contributed by atoms with van der Waals surface area (Å²) in [4.78, 5) is 4.34. The first-order chi connectivity index (χ1) is 7.40. The Hall–Kier alpha value is -2.21. The van der Waals surface area contributed by atoms with Crippen molar-refractivity contribution in [1.29, 1.82) is 0 Å². The monoisotopic (exact) mass is 200 g/mol. The number of rotatable bonds is 1. The molecular formula is C9H8N6. The topological polar surface area (TPSA) is 81.1 Å². The molecule has 2 heterocycles. The fourth-order valence-corrected chi connectivity index (χ4v) is 1.60. The van der Waals surface area contributed by atoms with E-state index in [9.17, 15) is 0 Å². The first-order valence-electron chi connectivity index (χ1n) is 4.45. The van der Waals surface area contributed by atoms with Crippen LogP contribution in [0, 0.1) is 0 Å². The fraction of sp³-hybridized carbons (Fsp3) is 0. The zero-order chi connectivity index (χ0) is 10.3. The Morgan fingerprint density at radius 2 is 2.13 bits per heavy atom. The van der Waals surface area contributed by atoms with E-state index in [2.05, 4.69) is 20.6 Å². The number of fused-ring (bicyclic) bond motifs is 3. The molecule has 3 N–H and O–H groups in total. The maximum atomic E-state index is 5.38. The molecule has 1 aromatic carbocycles. The van der Waals surface area contributed by atoms with E-state index in [1.165, 1.54) is 0 Å². The molecule has 3 aromatic rings. The summed E-state index contributed by atoms with van der Waals surface area (Å²) in [6.07, 6.45) is 1.57. The zero-order valence-electron chi connectivity index (χ0n) is 7.75. The highest BCUT2D eigenvalue weighted by Gasteiger charge is 2.07. The molecule has 0 atom stereocenters. The summed E-state index contributed by atoms with van der Waals surface area (Å²) >= 11 is 0. The van der Waals surface area contributed by atoms with E-state index in [4.69, 9.17) is 5.84 Å². The predicted octanol–water partition coefficient (Wildman–Crippen LogP) is 0.563. The van der Waals surface area contributed by atoms with E-state index in [0.717, 1.165) is 16.6 Å². The van der Waals surface area contributed by atoms with Gasteiger partial charge in [0.2, 0.25) is 5.95 Å². The Kier molecular flexibility index (Phi) is 1.57. The Morgan fingerprint density at radius 1 is 1.27 bits per heavy atom. The average molecular weight is 200 g/mol. The van der Waals surface area contributed by atoms with Gasteiger partial charge in [0.25, 0.3) is 0 Å². The third-order valence-corrected chi connectivity index (χ3v) is 2.28. The Balaban J connectivity index is 2.57. The molecule has 6 heteroatoms. The van der Waals surface area contributed by atoms with Crippen molar-refractivity contribution in [3.05, 3.63) is 30.6 Å². The van der Waals surface area contributed by atoms with Crippen LogP contribution in [-0.2, 0) is 0 Å². The number of benzene rings is 1. The summed E-state index contributed by atoms with van der Waals surface area (Å²) < 4.78 is 1.71. The lowest BCUT2D eigenvalue weighted by atomic mass is 10.2. The van der Waals surface area contributed by atoms with Crippen LogP contribution in [0.15, 0.2) is 30.6 Å². The standard InChI is InChI=1S/C9H8N6/c10-13-9-12-7-4-2-1-3-6(7)8-14-11-5-15(8)9/h1-5H,10H2,(H,12,13). The Bertz CT molecular complexity index is 629. The maximum absolute atomic E-state index is 5.38. The van der Waals surface area contributed by atoms with Crippen molar-refractivity contribution in [2.45, 2.75) is 0 Å². The Labute approximate surface area is 84.7 Å². The SMILES string of the molecule is NNc1nc2ccccc2c2nncn12. The van der Waals surface area contributed by atoms with Gasteiger partial charge in [0.1, 0.15) is 6.33 Å². The molecule has 0 radical (unpaired) electrons. The predicted molar refractivity (Wildman–Crippen MR) is 56.1 cm³/mol. The second-order valence-corrected chi connectivity index (χ2v) is 3.12. The van der Waals surface area contributed by atoms with Crippen LogP contribution in [-0.4, -0.2) is 19.6 Å². The van der Waals surface area contributed by atoms with Gasteiger partial charge in [-0.3, -0.25) is 5.43 Å². The van der Waals surface area contributed by atoms with Crippen LogP contribution < -0.4 is 11.3 Å². The normalized spacial score (nSPS) is 11.0. The summed E-state index contributed by atoms with van der Waals surface area (Å²) in [6, 6.07) is 7.72.